The van der Waals surface area contributed by atoms with Gasteiger partial charge >= 0.3 is 12.1 Å². The van der Waals surface area contributed by atoms with E-state index in [-0.39, 0.29) is 12.3 Å². The van der Waals surface area contributed by atoms with Crippen LogP contribution in [0, 0.1) is 0 Å². The number of hydrogen-bond donors (Lipinski definition) is 2. The molecule has 0 saturated carbocycles. The predicted molar refractivity (Wildman–Crippen MR) is 101 cm³/mol. The number of anilines is 1. The smallest absolute Gasteiger partial charge is 0.408 e. The molecule has 8 nitrogen and oxygen atoms in total. The van der Waals surface area contributed by atoms with E-state index in [1.54, 1.807) is 17.4 Å². The number of carbonyl (C=O) groups excluding carboxylic acids is 3. The summed E-state index contributed by atoms with van der Waals surface area (Å²) in [4.78, 5) is 35.9. The molecule has 0 saturated heterocycles. The molecule has 1 aromatic carbocycles. The van der Waals surface area contributed by atoms with Crippen molar-refractivity contribution < 1.29 is 37.4 Å². The number of alkyl carbamates (subject to hydrolysis) is 1. The zero-order valence-electron chi connectivity index (χ0n) is 17.0. The van der Waals surface area contributed by atoms with Crippen LogP contribution in [-0.4, -0.2) is 49.3 Å². The average molecular weight is 416 g/mol. The average Bonchev–Trinajstić information content (AvgIpc) is 2.58. The van der Waals surface area contributed by atoms with Crippen molar-refractivity contribution in [2.75, 3.05) is 19.0 Å². The highest BCUT2D eigenvalue weighted by Gasteiger charge is 2.48. The number of nitrogens with one attached hydrogen (secondary N) is 2. The maximum Gasteiger partial charge on any atom is 0.408 e. The molecule has 0 spiro atoms. The van der Waals surface area contributed by atoms with Gasteiger partial charge in [0, 0.05) is 5.69 Å². The van der Waals surface area contributed by atoms with Gasteiger partial charge in [-0.3, -0.25) is 4.79 Å². The van der Waals surface area contributed by atoms with Gasteiger partial charge in [-0.1, -0.05) is 0 Å². The summed E-state index contributed by atoms with van der Waals surface area (Å²) in [7, 11) is 1.46. The maximum atomic E-state index is 14.7. The summed E-state index contributed by atoms with van der Waals surface area (Å²) >= 11 is 0. The van der Waals surface area contributed by atoms with Gasteiger partial charge in [0.1, 0.15) is 11.4 Å². The minimum Gasteiger partial charge on any atom is -0.497 e. The summed E-state index contributed by atoms with van der Waals surface area (Å²) in [5.74, 6) is -5.84. The summed E-state index contributed by atoms with van der Waals surface area (Å²) in [6.45, 7) is 5.85. The molecule has 0 radical (unpaired) electrons. The lowest BCUT2D eigenvalue weighted by atomic mass is 10.1. The van der Waals surface area contributed by atoms with E-state index in [2.05, 4.69) is 10.1 Å². The summed E-state index contributed by atoms with van der Waals surface area (Å²) in [5.41, 5.74) is -0.705. The fraction of sp³-hybridized carbons (Fsp3) is 0.526. The van der Waals surface area contributed by atoms with E-state index in [1.165, 1.54) is 46.9 Å². The topological polar surface area (TPSA) is 103 Å². The van der Waals surface area contributed by atoms with Crippen LogP contribution in [0.1, 0.15) is 34.1 Å². The minimum atomic E-state index is -3.93. The van der Waals surface area contributed by atoms with Crippen LogP contribution in [0.25, 0.3) is 0 Å². The third kappa shape index (κ3) is 8.32. The SMILES string of the molecule is CCOC(=O)[C@H](NC(=O)OC(C)(C)C)C(F)(F)CC(=O)Nc1ccc(OC)cc1. The molecule has 0 fully saturated rings. The number of ether oxygens (including phenoxy) is 3. The van der Waals surface area contributed by atoms with Crippen LogP contribution in [0.4, 0.5) is 19.3 Å². The molecular weight excluding hydrogens is 390 g/mol. The van der Waals surface area contributed by atoms with Gasteiger partial charge in [-0.15, -0.1) is 0 Å². The lowest BCUT2D eigenvalue weighted by Gasteiger charge is -2.27. The van der Waals surface area contributed by atoms with Crippen LogP contribution < -0.4 is 15.4 Å². The molecule has 29 heavy (non-hydrogen) atoms. The Hall–Kier alpha value is -2.91. The third-order valence-electron chi connectivity index (χ3n) is 3.38. The molecule has 0 aliphatic carbocycles. The number of halogens is 2. The van der Waals surface area contributed by atoms with Gasteiger partial charge in [0.05, 0.1) is 20.1 Å². The van der Waals surface area contributed by atoms with Crippen molar-refractivity contribution in [3.8, 4) is 5.75 Å². The molecule has 0 bridgehead atoms. The first-order valence-electron chi connectivity index (χ1n) is 8.86. The summed E-state index contributed by atoms with van der Waals surface area (Å²) in [6.07, 6.45) is -2.59. The monoisotopic (exact) mass is 416 g/mol. The van der Waals surface area contributed by atoms with Crippen molar-refractivity contribution >= 4 is 23.7 Å². The van der Waals surface area contributed by atoms with Crippen molar-refractivity contribution in [3.63, 3.8) is 0 Å². The molecule has 0 unspecified atom stereocenters. The van der Waals surface area contributed by atoms with E-state index in [0.29, 0.717) is 5.75 Å². The number of esters is 1. The molecule has 1 aromatic rings. The lowest BCUT2D eigenvalue weighted by molar-refractivity contribution is -0.158. The van der Waals surface area contributed by atoms with Crippen LogP contribution in [0.5, 0.6) is 5.75 Å². The van der Waals surface area contributed by atoms with Gasteiger partial charge in [-0.25, -0.2) is 18.4 Å². The van der Waals surface area contributed by atoms with E-state index in [0.717, 1.165) is 0 Å². The first-order chi connectivity index (χ1) is 13.4. The molecule has 0 aliphatic rings. The second kappa shape index (κ2) is 10.0. The van der Waals surface area contributed by atoms with Crippen molar-refractivity contribution in [2.45, 2.75) is 51.7 Å². The van der Waals surface area contributed by atoms with Gasteiger partial charge in [0.25, 0.3) is 5.92 Å². The number of alkyl halides is 2. The highest BCUT2D eigenvalue weighted by molar-refractivity contribution is 5.92. The Morgan fingerprint density at radius 1 is 1.10 bits per heavy atom. The zero-order chi connectivity index (χ0) is 22.2. The molecule has 10 heteroatoms. The van der Waals surface area contributed by atoms with Crippen molar-refractivity contribution in [1.82, 2.24) is 5.32 Å². The van der Waals surface area contributed by atoms with E-state index in [4.69, 9.17) is 9.47 Å². The normalized spacial score (nSPS) is 12.5. The standard InChI is InChI=1S/C19H26F2N2O6/c1-6-28-16(25)15(23-17(26)29-18(2,3)4)19(20,21)11-14(24)22-12-7-9-13(27-5)10-8-12/h7-10,15H,6,11H2,1-5H3,(H,22,24)(H,23,26)/t15-/m0/s1. The predicted octanol–water partition coefficient (Wildman–Crippen LogP) is 3.12. The highest BCUT2D eigenvalue weighted by atomic mass is 19.3. The second-order valence-corrected chi connectivity index (χ2v) is 7.05. The maximum absolute atomic E-state index is 14.7. The first kappa shape index (κ1) is 24.1. The molecule has 2 N–H and O–H groups in total. The fourth-order valence-electron chi connectivity index (χ4n) is 2.18. The third-order valence-corrected chi connectivity index (χ3v) is 3.38. The van der Waals surface area contributed by atoms with Crippen molar-refractivity contribution in [1.29, 1.82) is 0 Å². The summed E-state index contributed by atoms with van der Waals surface area (Å²) < 4.78 is 43.8. The molecule has 0 aliphatic heterocycles. The van der Waals surface area contributed by atoms with Crippen LogP contribution in [0.15, 0.2) is 24.3 Å². The number of rotatable bonds is 8. The number of methoxy groups -OCH3 is 1. The Bertz CT molecular complexity index is 716. The van der Waals surface area contributed by atoms with E-state index in [1.807, 2.05) is 0 Å². The van der Waals surface area contributed by atoms with Gasteiger partial charge < -0.3 is 24.8 Å². The second-order valence-electron chi connectivity index (χ2n) is 7.05. The molecule has 0 aromatic heterocycles. The molecule has 1 atom stereocenters. The first-order valence-corrected chi connectivity index (χ1v) is 8.86. The number of carbonyl (C=O) groups is 3. The van der Waals surface area contributed by atoms with Gasteiger partial charge in [0.15, 0.2) is 6.04 Å². The zero-order valence-corrected chi connectivity index (χ0v) is 17.0. The van der Waals surface area contributed by atoms with Gasteiger partial charge in [-0.2, -0.15) is 0 Å². The quantitative estimate of drug-likeness (QED) is 0.631. The molecular formula is C19H26F2N2O6. The highest BCUT2D eigenvalue weighted by Crippen LogP contribution is 2.26. The van der Waals surface area contributed by atoms with Crippen LogP contribution in [0.3, 0.4) is 0 Å². The molecule has 2 amide bonds. The van der Waals surface area contributed by atoms with E-state index in [9.17, 15) is 23.2 Å². The Balaban J connectivity index is 2.89. The lowest BCUT2D eigenvalue weighted by Crippen LogP contribution is -2.55. The van der Waals surface area contributed by atoms with Gasteiger partial charge in [-0.05, 0) is 52.0 Å². The molecule has 0 heterocycles. The summed E-state index contributed by atoms with van der Waals surface area (Å²) in [5, 5.41) is 4.10. The molecule has 1 rings (SSSR count). The van der Waals surface area contributed by atoms with Crippen LogP contribution >= 0.6 is 0 Å². The largest absolute Gasteiger partial charge is 0.497 e. The fourth-order valence-corrected chi connectivity index (χ4v) is 2.18. The number of benzene rings is 1. The Labute approximate surface area is 167 Å². The Morgan fingerprint density at radius 3 is 2.17 bits per heavy atom. The number of amides is 2. The number of hydrogen-bond acceptors (Lipinski definition) is 6. The molecule has 162 valence electrons. The van der Waals surface area contributed by atoms with Crippen LogP contribution in [0.2, 0.25) is 0 Å². The van der Waals surface area contributed by atoms with Crippen molar-refractivity contribution in [2.24, 2.45) is 0 Å². The summed E-state index contributed by atoms with van der Waals surface area (Å²) in [6, 6.07) is 3.63. The van der Waals surface area contributed by atoms with Crippen LogP contribution in [-0.2, 0) is 19.1 Å². The van der Waals surface area contributed by atoms with E-state index >= 15 is 0 Å². The Kier molecular flexibility index (Phi) is 8.35. The Morgan fingerprint density at radius 2 is 1.69 bits per heavy atom. The van der Waals surface area contributed by atoms with Gasteiger partial charge in [0.2, 0.25) is 5.91 Å². The minimum absolute atomic E-state index is 0.181. The van der Waals surface area contributed by atoms with E-state index < -0.39 is 42.0 Å². The van der Waals surface area contributed by atoms with Crippen molar-refractivity contribution in [3.05, 3.63) is 24.3 Å².